The molecule has 2 heteroatoms. The fraction of sp³-hybridized carbons (Fsp3) is 0.560. The Labute approximate surface area is 170 Å². The average Bonchev–Trinajstić information content (AvgIpc) is 2.97. The van der Waals surface area contributed by atoms with Gasteiger partial charge in [-0.1, -0.05) is 81.2 Å². The third kappa shape index (κ3) is 13.3. The maximum Gasteiger partial charge on any atom is 0.0386 e. The van der Waals surface area contributed by atoms with E-state index in [9.17, 15) is 0 Å². The zero-order valence-electron chi connectivity index (χ0n) is 18.9. The van der Waals surface area contributed by atoms with Crippen molar-refractivity contribution >= 4 is 0 Å². The zero-order chi connectivity index (χ0) is 19.6. The van der Waals surface area contributed by atoms with Gasteiger partial charge in [0.05, 0.1) is 0 Å². The lowest BCUT2D eigenvalue weighted by Gasteiger charge is -2.28. The first-order valence-corrected chi connectivity index (χ1v) is 10.6. The van der Waals surface area contributed by atoms with Gasteiger partial charge in [0.15, 0.2) is 0 Å². The Morgan fingerprint density at radius 1 is 0.926 bits per heavy atom. The third-order valence-corrected chi connectivity index (χ3v) is 4.63. The van der Waals surface area contributed by atoms with Crippen LogP contribution in [0.2, 0.25) is 0 Å². The largest absolute Gasteiger partial charge is 0.370 e. The van der Waals surface area contributed by atoms with E-state index in [1.807, 2.05) is 13.8 Å². The van der Waals surface area contributed by atoms with Crippen molar-refractivity contribution in [2.75, 3.05) is 13.1 Å². The van der Waals surface area contributed by atoms with Crippen molar-refractivity contribution in [3.63, 3.8) is 0 Å². The van der Waals surface area contributed by atoms with Crippen molar-refractivity contribution in [2.24, 2.45) is 0 Å². The summed E-state index contributed by atoms with van der Waals surface area (Å²) >= 11 is 0. The Balaban J connectivity index is 0. The number of allylic oxidation sites excluding steroid dienone is 8. The summed E-state index contributed by atoms with van der Waals surface area (Å²) in [6, 6.07) is 0. The summed E-state index contributed by atoms with van der Waals surface area (Å²) < 4.78 is 0. The lowest BCUT2D eigenvalue weighted by molar-refractivity contribution is 0.366. The molecule has 0 spiro atoms. The van der Waals surface area contributed by atoms with E-state index >= 15 is 0 Å². The molecule has 1 aliphatic carbocycles. The molecule has 0 aromatic carbocycles. The molecule has 0 fully saturated rings. The Morgan fingerprint density at radius 3 is 2.26 bits per heavy atom. The van der Waals surface area contributed by atoms with Gasteiger partial charge in [0, 0.05) is 25.2 Å². The van der Waals surface area contributed by atoms with Crippen molar-refractivity contribution in [1.29, 1.82) is 0 Å². The molecule has 0 aromatic heterocycles. The topological polar surface area (TPSA) is 38.2 Å². The van der Waals surface area contributed by atoms with Crippen LogP contribution in [-0.2, 0) is 0 Å². The van der Waals surface area contributed by atoms with Gasteiger partial charge in [-0.2, -0.15) is 0 Å². The molecule has 0 heterocycles. The van der Waals surface area contributed by atoms with E-state index in [-0.39, 0.29) is 6.15 Å². The summed E-state index contributed by atoms with van der Waals surface area (Å²) in [5.74, 6) is 0. The molecule has 27 heavy (non-hydrogen) atoms. The maximum absolute atomic E-state index is 2.55. The fourth-order valence-electron chi connectivity index (χ4n) is 2.86. The molecule has 1 rings (SSSR count). The zero-order valence-corrected chi connectivity index (χ0v) is 18.9. The molecule has 0 unspecified atom stereocenters. The van der Waals surface area contributed by atoms with Gasteiger partial charge in [0.1, 0.15) is 0 Å². The molecule has 2 nitrogen and oxygen atoms in total. The summed E-state index contributed by atoms with van der Waals surface area (Å²) in [5, 5.41) is 0. The highest BCUT2D eigenvalue weighted by atomic mass is 15.1. The van der Waals surface area contributed by atoms with Gasteiger partial charge in [-0.05, 0) is 52.5 Å². The van der Waals surface area contributed by atoms with Gasteiger partial charge in [0.25, 0.3) is 0 Å². The Kier molecular flexibility index (Phi) is 19.7. The Morgan fingerprint density at radius 2 is 1.63 bits per heavy atom. The number of unbranched alkanes of at least 4 members (excludes halogenated alkanes) is 2. The van der Waals surface area contributed by atoms with E-state index in [1.54, 1.807) is 5.57 Å². The van der Waals surface area contributed by atoms with Gasteiger partial charge in [-0.25, -0.2) is 0 Å². The first kappa shape index (κ1) is 27.7. The van der Waals surface area contributed by atoms with E-state index in [1.165, 1.54) is 49.8 Å². The summed E-state index contributed by atoms with van der Waals surface area (Å²) in [6.45, 7) is 15.0. The minimum Gasteiger partial charge on any atom is -0.370 e. The molecule has 0 saturated heterocycles. The molecule has 0 aromatic rings. The van der Waals surface area contributed by atoms with Gasteiger partial charge < -0.3 is 11.1 Å². The molecule has 155 valence electrons. The lowest BCUT2D eigenvalue weighted by atomic mass is 10.1. The summed E-state index contributed by atoms with van der Waals surface area (Å²) in [7, 11) is 0. The van der Waals surface area contributed by atoms with Crippen LogP contribution in [-0.4, -0.2) is 18.0 Å². The van der Waals surface area contributed by atoms with Crippen LogP contribution < -0.4 is 6.15 Å². The normalized spacial score (nSPS) is 13.9. The molecule has 0 aliphatic heterocycles. The van der Waals surface area contributed by atoms with Gasteiger partial charge in [0.2, 0.25) is 0 Å². The fourth-order valence-corrected chi connectivity index (χ4v) is 2.86. The second-order valence-electron chi connectivity index (χ2n) is 6.59. The number of rotatable bonds is 11. The van der Waals surface area contributed by atoms with E-state index in [4.69, 9.17) is 0 Å². The number of nitrogens with zero attached hydrogens (tertiary/aromatic N) is 1. The monoisotopic (exact) mass is 373 g/mol. The molecule has 0 bridgehead atoms. The first-order valence-electron chi connectivity index (χ1n) is 10.6. The quantitative estimate of drug-likeness (QED) is 0.294. The highest BCUT2D eigenvalue weighted by molar-refractivity contribution is 5.31. The molecule has 1 aliphatic rings. The van der Waals surface area contributed by atoms with Crippen molar-refractivity contribution in [3.05, 3.63) is 65.8 Å². The van der Waals surface area contributed by atoms with Gasteiger partial charge in [-0.3, -0.25) is 0 Å². The third-order valence-electron chi connectivity index (χ3n) is 4.63. The number of hydrogen-bond acceptors (Lipinski definition) is 2. The van der Waals surface area contributed by atoms with Crippen LogP contribution in [0.3, 0.4) is 0 Å². The molecule has 3 N–H and O–H groups in total. The van der Waals surface area contributed by atoms with Gasteiger partial charge >= 0.3 is 0 Å². The number of hydrogen-bond donors (Lipinski definition) is 1. The predicted octanol–water partition coefficient (Wildman–Crippen LogP) is 7.96. The minimum atomic E-state index is 0. The van der Waals surface area contributed by atoms with Crippen LogP contribution in [0.1, 0.15) is 80.1 Å². The van der Waals surface area contributed by atoms with Crippen LogP contribution in [0, 0.1) is 6.42 Å². The average molecular weight is 374 g/mol. The highest BCUT2D eigenvalue weighted by Gasteiger charge is 2.11. The molecular weight excluding hydrogens is 328 g/mol. The van der Waals surface area contributed by atoms with Crippen molar-refractivity contribution in [1.82, 2.24) is 11.1 Å². The van der Waals surface area contributed by atoms with Crippen molar-refractivity contribution in [2.45, 2.75) is 80.1 Å². The SMILES string of the molecule is C/C=C(\C)CCCN(C/C(=C/C)CCCCC)C1=CC=CC=C[CH]1.CC.N. The van der Waals surface area contributed by atoms with Crippen LogP contribution in [0.5, 0.6) is 0 Å². The molecule has 0 atom stereocenters. The van der Waals surface area contributed by atoms with E-state index in [0.29, 0.717) is 0 Å². The maximum atomic E-state index is 2.55. The van der Waals surface area contributed by atoms with E-state index in [0.717, 1.165) is 13.1 Å². The second kappa shape index (κ2) is 19.2. The van der Waals surface area contributed by atoms with Crippen LogP contribution in [0.15, 0.2) is 59.4 Å². The molecule has 0 amide bonds. The minimum absolute atomic E-state index is 0. The molecule has 1 radical (unpaired) electrons. The van der Waals surface area contributed by atoms with E-state index < -0.39 is 0 Å². The lowest BCUT2D eigenvalue weighted by Crippen LogP contribution is -2.27. The predicted molar refractivity (Wildman–Crippen MR) is 125 cm³/mol. The summed E-state index contributed by atoms with van der Waals surface area (Å²) in [4.78, 5) is 2.55. The smallest absolute Gasteiger partial charge is 0.0386 e. The van der Waals surface area contributed by atoms with E-state index in [2.05, 4.69) is 81.5 Å². The summed E-state index contributed by atoms with van der Waals surface area (Å²) in [5.41, 5.74) is 4.38. The van der Waals surface area contributed by atoms with Crippen molar-refractivity contribution in [3.8, 4) is 0 Å². The van der Waals surface area contributed by atoms with Crippen molar-refractivity contribution < 1.29 is 0 Å². The molecule has 0 saturated carbocycles. The van der Waals surface area contributed by atoms with Crippen LogP contribution >= 0.6 is 0 Å². The second-order valence-corrected chi connectivity index (χ2v) is 6.59. The van der Waals surface area contributed by atoms with Crippen LogP contribution in [0.4, 0.5) is 0 Å². The standard InChI is InChI=1S/C23H36N.C2H6.H3N/c1-5-8-11-16-22(7-3)20-24(19-14-15-21(4)6-2)23-17-12-9-10-13-18-23;1-2;/h6-7,9-10,12-13,17-18H,5,8,11,14-16,19-20H2,1-4H3;1-2H3;1H3/b21-6+,22-7+;;. The van der Waals surface area contributed by atoms with Gasteiger partial charge in [-0.15, -0.1) is 0 Å². The Bertz CT molecular complexity index is 492. The van der Waals surface area contributed by atoms with Crippen LogP contribution in [0.25, 0.3) is 0 Å². The highest BCUT2D eigenvalue weighted by Crippen LogP contribution is 2.19. The first-order chi connectivity index (χ1) is 12.7. The summed E-state index contributed by atoms with van der Waals surface area (Å²) in [6.07, 6.45) is 25.1. The Hall–Kier alpha value is -1.54. The molecular formula is C25H45N2.